The predicted molar refractivity (Wildman–Crippen MR) is 59.3 cm³/mol. The van der Waals surface area contributed by atoms with Gasteiger partial charge in [-0.1, -0.05) is 30.3 Å². The Hall–Kier alpha value is -0.970. The van der Waals surface area contributed by atoms with Crippen molar-refractivity contribution in [1.82, 2.24) is 0 Å². The van der Waals surface area contributed by atoms with Crippen molar-refractivity contribution in [2.45, 2.75) is 31.0 Å². The smallest absolute Gasteiger partial charge is 0.184 e. The van der Waals surface area contributed by atoms with Gasteiger partial charge in [0.25, 0.3) is 0 Å². The van der Waals surface area contributed by atoms with Crippen LogP contribution >= 0.6 is 0 Å². The first-order chi connectivity index (χ1) is 8.36. The third-order valence-electron chi connectivity index (χ3n) is 3.25. The maximum atomic E-state index is 12.5. The molecule has 1 unspecified atom stereocenters. The summed E-state index contributed by atoms with van der Waals surface area (Å²) in [7, 11) is 0. The van der Waals surface area contributed by atoms with E-state index in [1.807, 2.05) is 30.3 Å². The highest BCUT2D eigenvalue weighted by Gasteiger charge is 2.41. The Morgan fingerprint density at radius 2 is 1.88 bits per heavy atom. The van der Waals surface area contributed by atoms with Crippen LogP contribution in [-0.2, 0) is 14.2 Å². The van der Waals surface area contributed by atoms with Crippen molar-refractivity contribution in [2.75, 3.05) is 13.3 Å². The highest BCUT2D eigenvalue weighted by molar-refractivity contribution is 5.16. The minimum Gasteiger partial charge on any atom is -0.373 e. The Bertz CT molecular complexity index is 370. The molecule has 3 nitrogen and oxygen atoms in total. The Kier molecular flexibility index (Phi) is 3.09. The fourth-order valence-corrected chi connectivity index (χ4v) is 2.31. The Morgan fingerprint density at radius 3 is 2.65 bits per heavy atom. The van der Waals surface area contributed by atoms with Gasteiger partial charge in [-0.3, -0.25) is 0 Å². The lowest BCUT2D eigenvalue weighted by atomic mass is 10.0. The Labute approximate surface area is 99.5 Å². The molecule has 2 aliphatic rings. The fourth-order valence-electron chi connectivity index (χ4n) is 2.31. The van der Waals surface area contributed by atoms with Crippen LogP contribution in [0.3, 0.4) is 0 Å². The molecule has 2 aliphatic heterocycles. The van der Waals surface area contributed by atoms with Gasteiger partial charge in [-0.2, -0.15) is 0 Å². The van der Waals surface area contributed by atoms with Gasteiger partial charge in [0.1, 0.15) is 12.8 Å². The zero-order chi connectivity index (χ0) is 11.7. The van der Waals surface area contributed by atoms with Crippen molar-refractivity contribution in [3.05, 3.63) is 35.9 Å². The summed E-state index contributed by atoms with van der Waals surface area (Å²) in [5, 5.41) is 0. The summed E-state index contributed by atoms with van der Waals surface area (Å²) in [5.41, 5.74) is 0.999. The van der Waals surface area contributed by atoms with Gasteiger partial charge in [-0.25, -0.2) is 4.39 Å². The topological polar surface area (TPSA) is 27.7 Å². The largest absolute Gasteiger partial charge is 0.373 e. The molecule has 0 radical (unpaired) electrons. The zero-order valence-electron chi connectivity index (χ0n) is 9.42. The SMILES string of the molecule is FC[C@H]1C[C@@H]2OC(c3ccccc3)O[C@@H]2CO1. The van der Waals surface area contributed by atoms with Gasteiger partial charge in [-0.15, -0.1) is 0 Å². The summed E-state index contributed by atoms with van der Waals surface area (Å²) >= 11 is 0. The molecule has 0 aromatic heterocycles. The van der Waals surface area contributed by atoms with Gasteiger partial charge in [-0.05, 0) is 0 Å². The second kappa shape index (κ2) is 4.72. The quantitative estimate of drug-likeness (QED) is 0.790. The molecule has 0 saturated carbocycles. The first-order valence-electron chi connectivity index (χ1n) is 5.90. The van der Waals surface area contributed by atoms with E-state index in [9.17, 15) is 4.39 Å². The van der Waals surface area contributed by atoms with E-state index in [1.54, 1.807) is 0 Å². The van der Waals surface area contributed by atoms with Gasteiger partial charge in [0.05, 0.1) is 18.8 Å². The highest BCUT2D eigenvalue weighted by Crippen LogP contribution is 2.35. The zero-order valence-corrected chi connectivity index (χ0v) is 9.42. The maximum Gasteiger partial charge on any atom is 0.184 e. The first kappa shape index (κ1) is 11.1. The van der Waals surface area contributed by atoms with Crippen molar-refractivity contribution < 1.29 is 18.6 Å². The fraction of sp³-hybridized carbons (Fsp3) is 0.538. The lowest BCUT2D eigenvalue weighted by Crippen LogP contribution is -2.40. The molecule has 0 N–H and O–H groups in total. The first-order valence-corrected chi connectivity index (χ1v) is 5.90. The molecule has 3 rings (SSSR count). The monoisotopic (exact) mass is 238 g/mol. The van der Waals surface area contributed by atoms with Gasteiger partial charge < -0.3 is 14.2 Å². The molecule has 92 valence electrons. The van der Waals surface area contributed by atoms with Gasteiger partial charge >= 0.3 is 0 Å². The summed E-state index contributed by atoms with van der Waals surface area (Å²) in [6, 6.07) is 9.79. The van der Waals surface area contributed by atoms with Gasteiger partial charge in [0.2, 0.25) is 0 Å². The molecular formula is C13H15FO3. The molecule has 17 heavy (non-hydrogen) atoms. The Morgan fingerprint density at radius 1 is 1.12 bits per heavy atom. The molecule has 0 aliphatic carbocycles. The van der Waals surface area contributed by atoms with Crippen molar-refractivity contribution in [3.8, 4) is 0 Å². The van der Waals surface area contributed by atoms with E-state index >= 15 is 0 Å². The second-order valence-corrected chi connectivity index (χ2v) is 4.44. The van der Waals surface area contributed by atoms with Crippen LogP contribution in [0, 0.1) is 0 Å². The lowest BCUT2D eigenvalue weighted by molar-refractivity contribution is -0.0824. The highest BCUT2D eigenvalue weighted by atomic mass is 19.1. The molecule has 4 atom stereocenters. The summed E-state index contributed by atoms with van der Waals surface area (Å²) in [6.45, 7) is -0.0365. The average Bonchev–Trinajstić information content (AvgIpc) is 2.82. The van der Waals surface area contributed by atoms with E-state index in [1.165, 1.54) is 0 Å². The number of ether oxygens (including phenoxy) is 3. The minimum absolute atomic E-state index is 0.0466. The summed E-state index contributed by atoms with van der Waals surface area (Å²) < 4.78 is 29.5. The van der Waals surface area contributed by atoms with Crippen LogP contribution in [0.15, 0.2) is 30.3 Å². The van der Waals surface area contributed by atoms with E-state index < -0.39 is 6.67 Å². The summed E-state index contributed by atoms with van der Waals surface area (Å²) in [6.07, 6.45) is -0.218. The summed E-state index contributed by atoms with van der Waals surface area (Å²) in [4.78, 5) is 0. The van der Waals surface area contributed by atoms with Crippen LogP contribution < -0.4 is 0 Å². The number of alkyl halides is 1. The molecule has 2 fully saturated rings. The van der Waals surface area contributed by atoms with Crippen LogP contribution in [0.5, 0.6) is 0 Å². The lowest BCUT2D eigenvalue weighted by Gasteiger charge is -2.27. The average molecular weight is 238 g/mol. The van der Waals surface area contributed by atoms with Crippen molar-refractivity contribution >= 4 is 0 Å². The molecule has 2 saturated heterocycles. The number of benzene rings is 1. The van der Waals surface area contributed by atoms with E-state index in [0.29, 0.717) is 13.0 Å². The Balaban J connectivity index is 1.69. The van der Waals surface area contributed by atoms with Crippen molar-refractivity contribution in [3.63, 3.8) is 0 Å². The van der Waals surface area contributed by atoms with E-state index in [-0.39, 0.29) is 24.6 Å². The van der Waals surface area contributed by atoms with Crippen LogP contribution in [-0.4, -0.2) is 31.6 Å². The molecule has 0 spiro atoms. The van der Waals surface area contributed by atoms with Crippen LogP contribution in [0.25, 0.3) is 0 Å². The third-order valence-corrected chi connectivity index (χ3v) is 3.25. The van der Waals surface area contributed by atoms with Crippen molar-refractivity contribution in [2.24, 2.45) is 0 Å². The number of rotatable bonds is 2. The van der Waals surface area contributed by atoms with E-state index in [0.717, 1.165) is 5.56 Å². The van der Waals surface area contributed by atoms with Crippen LogP contribution in [0.1, 0.15) is 18.3 Å². The van der Waals surface area contributed by atoms with Gasteiger partial charge in [0, 0.05) is 12.0 Å². The normalized spacial score (nSPS) is 36.8. The van der Waals surface area contributed by atoms with Crippen LogP contribution in [0.2, 0.25) is 0 Å². The number of halogens is 1. The second-order valence-electron chi connectivity index (χ2n) is 4.44. The molecular weight excluding hydrogens is 223 g/mol. The number of hydrogen-bond acceptors (Lipinski definition) is 3. The molecule has 1 aromatic carbocycles. The molecule has 4 heteroatoms. The number of hydrogen-bond donors (Lipinski definition) is 0. The minimum atomic E-state index is -0.456. The third kappa shape index (κ3) is 2.20. The maximum absolute atomic E-state index is 12.5. The molecule has 2 heterocycles. The molecule has 0 bridgehead atoms. The number of fused-ring (bicyclic) bond motifs is 1. The molecule has 0 amide bonds. The van der Waals surface area contributed by atoms with Gasteiger partial charge in [0.15, 0.2) is 6.29 Å². The predicted octanol–water partition coefficient (Wildman–Crippen LogP) is 2.23. The molecule has 1 aromatic rings. The standard InChI is InChI=1S/C13H15FO3/c14-7-10-6-11-12(8-15-10)17-13(16-11)9-4-2-1-3-5-9/h1-5,10-13H,6-8H2/t10-,11+,12-,13?/m1/s1. The van der Waals surface area contributed by atoms with E-state index in [2.05, 4.69) is 0 Å². The van der Waals surface area contributed by atoms with Crippen molar-refractivity contribution in [1.29, 1.82) is 0 Å². The summed E-state index contributed by atoms with van der Waals surface area (Å²) in [5.74, 6) is 0. The van der Waals surface area contributed by atoms with E-state index in [4.69, 9.17) is 14.2 Å². The van der Waals surface area contributed by atoms with Crippen LogP contribution in [0.4, 0.5) is 4.39 Å².